The molecule has 3 aliphatic heterocycles. The van der Waals surface area contributed by atoms with Crippen molar-refractivity contribution in [1.82, 2.24) is 25.8 Å². The molecule has 1 aromatic carbocycles. The minimum atomic E-state index is -1.39. The van der Waals surface area contributed by atoms with Crippen LogP contribution in [-0.4, -0.2) is 87.7 Å². The summed E-state index contributed by atoms with van der Waals surface area (Å²) < 4.78 is 4.70. The Morgan fingerprint density at radius 3 is 2.59 bits per heavy atom. The van der Waals surface area contributed by atoms with E-state index in [1.54, 1.807) is 30.3 Å². The maximum absolute atomic E-state index is 13.3. The van der Waals surface area contributed by atoms with Gasteiger partial charge in [0.25, 0.3) is 5.91 Å². The Hall–Kier alpha value is -4.27. The second-order valence-electron chi connectivity index (χ2n) is 8.29. The molecule has 196 valence electrons. The molecule has 15 heteroatoms. The van der Waals surface area contributed by atoms with Crippen LogP contribution in [0.1, 0.15) is 18.0 Å². The number of urea groups is 2. The van der Waals surface area contributed by atoms with Gasteiger partial charge in [0.2, 0.25) is 5.91 Å². The predicted octanol–water partition coefficient (Wildman–Crippen LogP) is -0.313. The first-order valence-electron chi connectivity index (χ1n) is 11.2. The highest BCUT2D eigenvalue weighted by Gasteiger charge is 2.54. The number of carboxylic acid groups (broad SMARTS) is 1. The predicted molar refractivity (Wildman–Crippen MR) is 128 cm³/mol. The normalized spacial score (nSPS) is 21.7. The third kappa shape index (κ3) is 5.30. The van der Waals surface area contributed by atoms with Gasteiger partial charge in [-0.25, -0.2) is 24.1 Å². The maximum atomic E-state index is 13.3. The Balaban J connectivity index is 1.50. The Labute approximate surface area is 214 Å². The number of β-lactam (4-membered cyclic amide) rings is 1. The van der Waals surface area contributed by atoms with Crippen LogP contribution in [0, 0.1) is 0 Å². The fourth-order valence-electron chi connectivity index (χ4n) is 4.16. The highest BCUT2D eigenvalue weighted by Crippen LogP contribution is 2.40. The molecule has 2 fully saturated rings. The molecule has 0 radical (unpaired) electrons. The van der Waals surface area contributed by atoms with Crippen LogP contribution in [0.15, 0.2) is 41.6 Å². The van der Waals surface area contributed by atoms with E-state index in [4.69, 9.17) is 10.5 Å². The fourth-order valence-corrected chi connectivity index (χ4v) is 5.49. The third-order valence-corrected chi connectivity index (χ3v) is 7.26. The van der Waals surface area contributed by atoms with Gasteiger partial charge in [-0.15, -0.1) is 11.8 Å². The monoisotopic (exact) mass is 532 g/mol. The maximum Gasteiger partial charge on any atom is 0.404 e. The van der Waals surface area contributed by atoms with Gasteiger partial charge in [-0.2, -0.15) is 0 Å². The van der Waals surface area contributed by atoms with E-state index in [1.165, 1.54) is 11.8 Å². The number of carboxylic acids is 1. The average molecular weight is 533 g/mol. The standard InChI is InChI=1S/C22H24N6O8S/c23-20(33)36-9-12-10-37-18-14(17(30)28(18)15(12)19(31)32)25-16(29)13(11-5-2-1-3-6-11)26-22(35)27-8-4-7-24-21(27)34/h1-3,5-6,13-14,18H,4,7-10H2,(H2,23,33)(H,24,34)(H,25,29)(H,26,35)(H,31,32)/t13?,14?,18-/m0/s1. The number of nitrogens with two attached hydrogens (primary N) is 1. The summed E-state index contributed by atoms with van der Waals surface area (Å²) in [5.74, 6) is -2.65. The minimum Gasteiger partial charge on any atom is -0.477 e. The lowest BCUT2D eigenvalue weighted by atomic mass is 10.0. The van der Waals surface area contributed by atoms with Gasteiger partial charge in [-0.1, -0.05) is 30.3 Å². The number of rotatable bonds is 7. The topological polar surface area (TPSA) is 200 Å². The number of primary amides is 1. The molecule has 14 nitrogen and oxygen atoms in total. The number of ether oxygens (including phenoxy) is 1. The van der Waals surface area contributed by atoms with Gasteiger partial charge in [0, 0.05) is 24.4 Å². The van der Waals surface area contributed by atoms with Crippen molar-refractivity contribution in [3.05, 3.63) is 47.2 Å². The summed E-state index contributed by atoms with van der Waals surface area (Å²) >= 11 is 1.18. The minimum absolute atomic E-state index is 0.124. The first-order chi connectivity index (χ1) is 17.7. The molecule has 7 amide bonds. The number of fused-ring (bicyclic) bond motifs is 1. The van der Waals surface area contributed by atoms with Gasteiger partial charge in [-0.05, 0) is 12.0 Å². The Bertz CT molecular complexity index is 1170. The van der Waals surface area contributed by atoms with E-state index in [0.29, 0.717) is 18.5 Å². The van der Waals surface area contributed by atoms with Crippen molar-refractivity contribution >= 4 is 47.7 Å². The molecule has 4 rings (SSSR count). The Morgan fingerprint density at radius 2 is 1.95 bits per heavy atom. The van der Waals surface area contributed by atoms with Crippen LogP contribution >= 0.6 is 11.8 Å². The largest absolute Gasteiger partial charge is 0.477 e. The summed E-state index contributed by atoms with van der Waals surface area (Å²) in [4.78, 5) is 75.9. The number of imide groups is 1. The van der Waals surface area contributed by atoms with Crippen molar-refractivity contribution in [2.75, 3.05) is 25.4 Å². The lowest BCUT2D eigenvalue weighted by Crippen LogP contribution is -2.71. The fraction of sp³-hybridized carbons (Fsp3) is 0.364. The number of thioether (sulfide) groups is 1. The summed E-state index contributed by atoms with van der Waals surface area (Å²) in [6.07, 6.45) is -0.529. The number of nitrogens with one attached hydrogen (secondary N) is 3. The molecule has 0 saturated carbocycles. The van der Waals surface area contributed by atoms with Gasteiger partial charge < -0.3 is 31.5 Å². The van der Waals surface area contributed by atoms with E-state index in [1.807, 2.05) is 0 Å². The first-order valence-corrected chi connectivity index (χ1v) is 12.3. The Kier molecular flexibility index (Phi) is 7.52. The molecule has 6 N–H and O–H groups in total. The van der Waals surface area contributed by atoms with Crippen LogP contribution < -0.4 is 21.7 Å². The zero-order valence-corrected chi connectivity index (χ0v) is 20.2. The molecule has 3 heterocycles. The summed E-state index contributed by atoms with van der Waals surface area (Å²) in [6.45, 7) is 0.235. The number of hydrogen-bond donors (Lipinski definition) is 5. The number of carbonyl (C=O) groups excluding carboxylic acids is 5. The van der Waals surface area contributed by atoms with Gasteiger partial charge in [0.1, 0.15) is 29.8 Å². The van der Waals surface area contributed by atoms with Crippen LogP contribution in [0.25, 0.3) is 0 Å². The molecule has 3 aliphatic rings. The van der Waals surface area contributed by atoms with Crippen molar-refractivity contribution in [1.29, 1.82) is 0 Å². The second-order valence-corrected chi connectivity index (χ2v) is 9.40. The van der Waals surface area contributed by atoms with Crippen LogP contribution in [0.4, 0.5) is 14.4 Å². The summed E-state index contributed by atoms with van der Waals surface area (Å²) in [6, 6.07) is 4.64. The van der Waals surface area contributed by atoms with Gasteiger partial charge in [0.05, 0.1) is 0 Å². The SMILES string of the molecule is NC(=O)OCC1=C(C(=O)O)N2C(=O)C(NC(=O)C(NC(=O)N3CCCNC3=O)c3ccccc3)[C@@H]2SC1. The number of carbonyl (C=O) groups is 6. The second kappa shape index (κ2) is 10.8. The highest BCUT2D eigenvalue weighted by molar-refractivity contribution is 8.00. The molecule has 2 saturated heterocycles. The lowest BCUT2D eigenvalue weighted by Gasteiger charge is -2.49. The highest BCUT2D eigenvalue weighted by atomic mass is 32.2. The zero-order valence-electron chi connectivity index (χ0n) is 19.3. The molecule has 3 atom stereocenters. The average Bonchev–Trinajstić information content (AvgIpc) is 2.88. The van der Waals surface area contributed by atoms with Crippen molar-refractivity contribution in [2.45, 2.75) is 23.9 Å². The van der Waals surface area contributed by atoms with E-state index in [9.17, 15) is 33.9 Å². The van der Waals surface area contributed by atoms with Crippen molar-refractivity contribution < 1.29 is 38.6 Å². The molecule has 37 heavy (non-hydrogen) atoms. The zero-order chi connectivity index (χ0) is 26.7. The van der Waals surface area contributed by atoms with Crippen molar-refractivity contribution in [2.24, 2.45) is 5.73 Å². The quantitative estimate of drug-likeness (QED) is 0.292. The first kappa shape index (κ1) is 25.8. The number of nitrogens with zero attached hydrogens (tertiary/aromatic N) is 2. The number of aliphatic carboxylic acids is 1. The molecule has 1 aromatic rings. The summed E-state index contributed by atoms with van der Waals surface area (Å²) in [5, 5.41) is 16.7. The molecule has 0 bridgehead atoms. The van der Waals surface area contributed by atoms with Crippen LogP contribution in [0.3, 0.4) is 0 Å². The molecular formula is C22H24N6O8S. The molecule has 0 aromatic heterocycles. The third-order valence-electron chi connectivity index (χ3n) is 5.92. The number of amides is 7. The van der Waals surface area contributed by atoms with Crippen LogP contribution in [0.2, 0.25) is 0 Å². The molecule has 2 unspecified atom stereocenters. The smallest absolute Gasteiger partial charge is 0.404 e. The molecule has 0 aliphatic carbocycles. The van der Waals surface area contributed by atoms with E-state index in [0.717, 1.165) is 9.80 Å². The van der Waals surface area contributed by atoms with E-state index in [-0.39, 0.29) is 30.2 Å². The number of hydrogen-bond acceptors (Lipinski definition) is 8. The Morgan fingerprint density at radius 1 is 1.22 bits per heavy atom. The van der Waals surface area contributed by atoms with Crippen LogP contribution in [-0.2, 0) is 19.1 Å². The van der Waals surface area contributed by atoms with E-state index in [2.05, 4.69) is 16.0 Å². The van der Waals surface area contributed by atoms with Crippen molar-refractivity contribution in [3.63, 3.8) is 0 Å². The van der Waals surface area contributed by atoms with E-state index < -0.39 is 53.4 Å². The number of benzene rings is 1. The molecular weight excluding hydrogens is 508 g/mol. The summed E-state index contributed by atoms with van der Waals surface area (Å²) in [5.41, 5.74) is 5.24. The lowest BCUT2D eigenvalue weighted by molar-refractivity contribution is -0.151. The van der Waals surface area contributed by atoms with Gasteiger partial charge in [0.15, 0.2) is 0 Å². The summed E-state index contributed by atoms with van der Waals surface area (Å²) in [7, 11) is 0. The van der Waals surface area contributed by atoms with Gasteiger partial charge in [-0.3, -0.25) is 14.5 Å². The van der Waals surface area contributed by atoms with Crippen LogP contribution in [0.5, 0.6) is 0 Å². The van der Waals surface area contributed by atoms with Crippen molar-refractivity contribution in [3.8, 4) is 0 Å². The van der Waals surface area contributed by atoms with Gasteiger partial charge >= 0.3 is 24.1 Å². The van der Waals surface area contributed by atoms with E-state index >= 15 is 0 Å². The molecule has 0 spiro atoms.